The van der Waals surface area contributed by atoms with Crippen LogP contribution in [0.15, 0.2) is 36.5 Å². The van der Waals surface area contributed by atoms with E-state index in [1.54, 1.807) is 24.4 Å². The number of benzene rings is 1. The van der Waals surface area contributed by atoms with Gasteiger partial charge in [0, 0.05) is 17.6 Å². The molecule has 0 atom stereocenters. The second-order valence-electron chi connectivity index (χ2n) is 4.12. The lowest BCUT2D eigenvalue weighted by atomic mass is 10.0. The van der Waals surface area contributed by atoms with Crippen LogP contribution in [0.2, 0.25) is 5.02 Å². The lowest BCUT2D eigenvalue weighted by Gasteiger charge is -2.07. The molecule has 0 saturated heterocycles. The second kappa shape index (κ2) is 5.19. The van der Waals surface area contributed by atoms with E-state index < -0.39 is 0 Å². The molecule has 4 heteroatoms. The van der Waals surface area contributed by atoms with Crippen molar-refractivity contribution in [3.63, 3.8) is 0 Å². The first kappa shape index (κ1) is 12.6. The Labute approximate surface area is 111 Å². The third-order valence-electron chi connectivity index (χ3n) is 2.72. The van der Waals surface area contributed by atoms with E-state index in [0.717, 1.165) is 11.1 Å². The summed E-state index contributed by atoms with van der Waals surface area (Å²) in [5.41, 5.74) is 7.96. The minimum Gasteiger partial charge on any atom is -0.383 e. The number of hydrogen-bond acceptors (Lipinski definition) is 3. The molecule has 1 aromatic heterocycles. The summed E-state index contributed by atoms with van der Waals surface area (Å²) in [5, 5.41) is 0.621. The van der Waals surface area contributed by atoms with Crippen LogP contribution in [0.5, 0.6) is 0 Å². The molecule has 0 unspecified atom stereocenters. The molecular formula is C14H13ClN2O. The number of pyridine rings is 1. The zero-order chi connectivity index (χ0) is 13.1. The van der Waals surface area contributed by atoms with E-state index in [1.165, 1.54) is 0 Å². The number of Topliss-reactive ketones (excluding diaryl/α,β-unsaturated/α-hetero) is 1. The van der Waals surface area contributed by atoms with E-state index in [0.29, 0.717) is 10.6 Å². The van der Waals surface area contributed by atoms with E-state index in [2.05, 4.69) is 4.98 Å². The molecule has 0 aliphatic rings. The Morgan fingerprint density at radius 1 is 1.39 bits per heavy atom. The Bertz CT molecular complexity index is 576. The SMILES string of the molecule is Cc1ccnc(N)c1C(=O)Cc1cccc(Cl)c1. The van der Waals surface area contributed by atoms with Crippen molar-refractivity contribution in [1.82, 2.24) is 4.98 Å². The highest BCUT2D eigenvalue weighted by atomic mass is 35.5. The predicted molar refractivity (Wildman–Crippen MR) is 72.9 cm³/mol. The van der Waals surface area contributed by atoms with E-state index in [-0.39, 0.29) is 18.0 Å². The van der Waals surface area contributed by atoms with Gasteiger partial charge >= 0.3 is 0 Å². The standard InChI is InChI=1S/C14H13ClN2O/c1-9-5-6-17-14(16)13(9)12(18)8-10-3-2-4-11(15)7-10/h2-7H,8H2,1H3,(H2,16,17). The molecule has 3 nitrogen and oxygen atoms in total. The van der Waals surface area contributed by atoms with Crippen LogP contribution in [0.1, 0.15) is 21.5 Å². The molecule has 18 heavy (non-hydrogen) atoms. The summed E-state index contributed by atoms with van der Waals surface area (Å²) >= 11 is 5.89. The molecule has 1 heterocycles. The quantitative estimate of drug-likeness (QED) is 0.863. The maximum atomic E-state index is 12.2. The second-order valence-corrected chi connectivity index (χ2v) is 4.55. The fourth-order valence-corrected chi connectivity index (χ4v) is 2.08. The van der Waals surface area contributed by atoms with Crippen LogP contribution in [-0.2, 0) is 6.42 Å². The van der Waals surface area contributed by atoms with Crippen molar-refractivity contribution in [3.05, 3.63) is 58.2 Å². The molecule has 0 aliphatic carbocycles. The third-order valence-corrected chi connectivity index (χ3v) is 2.96. The fraction of sp³-hybridized carbons (Fsp3) is 0.143. The van der Waals surface area contributed by atoms with Gasteiger partial charge in [0.2, 0.25) is 0 Å². The molecule has 2 aromatic rings. The molecule has 0 saturated carbocycles. The molecule has 0 radical (unpaired) electrons. The number of anilines is 1. The lowest BCUT2D eigenvalue weighted by Crippen LogP contribution is -2.10. The topological polar surface area (TPSA) is 56.0 Å². The summed E-state index contributed by atoms with van der Waals surface area (Å²) in [6.45, 7) is 1.85. The number of carbonyl (C=O) groups is 1. The van der Waals surface area contributed by atoms with Crippen molar-refractivity contribution in [2.75, 3.05) is 5.73 Å². The van der Waals surface area contributed by atoms with E-state index >= 15 is 0 Å². The Balaban J connectivity index is 2.28. The summed E-state index contributed by atoms with van der Waals surface area (Å²) in [4.78, 5) is 16.2. The molecule has 92 valence electrons. The summed E-state index contributed by atoms with van der Waals surface area (Å²) in [5.74, 6) is 0.238. The summed E-state index contributed by atoms with van der Waals surface area (Å²) in [6.07, 6.45) is 1.87. The highest BCUT2D eigenvalue weighted by Gasteiger charge is 2.14. The highest BCUT2D eigenvalue weighted by molar-refractivity contribution is 6.30. The first-order valence-corrected chi connectivity index (χ1v) is 5.94. The minimum absolute atomic E-state index is 0.0413. The van der Waals surface area contributed by atoms with Crippen molar-refractivity contribution in [2.24, 2.45) is 0 Å². The van der Waals surface area contributed by atoms with Crippen LogP contribution >= 0.6 is 11.6 Å². The van der Waals surface area contributed by atoms with Gasteiger partial charge in [-0.25, -0.2) is 4.98 Å². The zero-order valence-electron chi connectivity index (χ0n) is 9.98. The average Bonchev–Trinajstić information content (AvgIpc) is 2.28. The number of nitrogens with two attached hydrogens (primary N) is 1. The zero-order valence-corrected chi connectivity index (χ0v) is 10.7. The Morgan fingerprint density at radius 3 is 2.83 bits per heavy atom. The average molecular weight is 261 g/mol. The van der Waals surface area contributed by atoms with Gasteiger partial charge in [-0.1, -0.05) is 23.7 Å². The van der Waals surface area contributed by atoms with Gasteiger partial charge in [-0.15, -0.1) is 0 Å². The van der Waals surface area contributed by atoms with Gasteiger partial charge in [0.05, 0.1) is 5.56 Å². The monoisotopic (exact) mass is 260 g/mol. The van der Waals surface area contributed by atoms with Gasteiger partial charge in [-0.05, 0) is 36.2 Å². The Morgan fingerprint density at radius 2 is 2.17 bits per heavy atom. The van der Waals surface area contributed by atoms with Gasteiger partial charge in [0.15, 0.2) is 5.78 Å². The molecule has 0 spiro atoms. The van der Waals surface area contributed by atoms with Crippen molar-refractivity contribution < 1.29 is 4.79 Å². The number of nitrogen functional groups attached to an aromatic ring is 1. The lowest BCUT2D eigenvalue weighted by molar-refractivity contribution is 0.0993. The molecule has 0 aliphatic heterocycles. The van der Waals surface area contributed by atoms with Gasteiger partial charge in [-0.2, -0.15) is 0 Å². The Hall–Kier alpha value is -1.87. The molecule has 2 rings (SSSR count). The van der Waals surface area contributed by atoms with Gasteiger partial charge in [0.1, 0.15) is 5.82 Å². The van der Waals surface area contributed by atoms with Crippen LogP contribution in [0.3, 0.4) is 0 Å². The van der Waals surface area contributed by atoms with Crippen molar-refractivity contribution in [2.45, 2.75) is 13.3 Å². The maximum Gasteiger partial charge on any atom is 0.171 e. The van der Waals surface area contributed by atoms with Crippen LogP contribution in [-0.4, -0.2) is 10.8 Å². The van der Waals surface area contributed by atoms with Crippen LogP contribution in [0.4, 0.5) is 5.82 Å². The van der Waals surface area contributed by atoms with Crippen LogP contribution in [0.25, 0.3) is 0 Å². The predicted octanol–water partition coefficient (Wildman–Crippen LogP) is 3.05. The van der Waals surface area contributed by atoms with Gasteiger partial charge < -0.3 is 5.73 Å². The van der Waals surface area contributed by atoms with Crippen molar-refractivity contribution in [1.29, 1.82) is 0 Å². The number of halogens is 1. The number of hydrogen-bond donors (Lipinski definition) is 1. The fourth-order valence-electron chi connectivity index (χ4n) is 1.86. The molecule has 0 bridgehead atoms. The van der Waals surface area contributed by atoms with Crippen LogP contribution < -0.4 is 5.73 Å². The van der Waals surface area contributed by atoms with E-state index in [9.17, 15) is 4.79 Å². The van der Waals surface area contributed by atoms with Crippen molar-refractivity contribution in [3.8, 4) is 0 Å². The number of aryl methyl sites for hydroxylation is 1. The first-order chi connectivity index (χ1) is 8.58. The van der Waals surface area contributed by atoms with E-state index in [4.69, 9.17) is 17.3 Å². The van der Waals surface area contributed by atoms with Crippen LogP contribution in [0, 0.1) is 6.92 Å². The third kappa shape index (κ3) is 2.68. The molecular weight excluding hydrogens is 248 g/mol. The van der Waals surface area contributed by atoms with E-state index in [1.807, 2.05) is 19.1 Å². The summed E-state index contributed by atoms with van der Waals surface area (Å²) in [7, 11) is 0. The normalized spacial score (nSPS) is 10.3. The molecule has 0 amide bonds. The van der Waals surface area contributed by atoms with Gasteiger partial charge in [-0.3, -0.25) is 4.79 Å². The Kier molecular flexibility index (Phi) is 3.63. The summed E-state index contributed by atoms with van der Waals surface area (Å²) < 4.78 is 0. The largest absolute Gasteiger partial charge is 0.383 e. The number of carbonyl (C=O) groups excluding carboxylic acids is 1. The summed E-state index contributed by atoms with van der Waals surface area (Å²) in [6, 6.07) is 9.03. The molecule has 0 fully saturated rings. The molecule has 1 aromatic carbocycles. The number of aromatic nitrogens is 1. The molecule has 2 N–H and O–H groups in total. The number of rotatable bonds is 3. The number of nitrogens with zero attached hydrogens (tertiary/aromatic N) is 1. The number of ketones is 1. The van der Waals surface area contributed by atoms with Gasteiger partial charge in [0.25, 0.3) is 0 Å². The highest BCUT2D eigenvalue weighted by Crippen LogP contribution is 2.18. The maximum absolute atomic E-state index is 12.2. The van der Waals surface area contributed by atoms with Crippen molar-refractivity contribution >= 4 is 23.2 Å². The first-order valence-electron chi connectivity index (χ1n) is 5.56. The smallest absolute Gasteiger partial charge is 0.171 e. The minimum atomic E-state index is -0.0413.